The van der Waals surface area contributed by atoms with Crippen molar-refractivity contribution in [1.29, 1.82) is 0 Å². The summed E-state index contributed by atoms with van der Waals surface area (Å²) in [6, 6.07) is 0. The summed E-state index contributed by atoms with van der Waals surface area (Å²) in [5, 5.41) is 3.59. The Kier molecular flexibility index (Phi) is 16.2. The lowest BCUT2D eigenvalue weighted by atomic mass is 10.1. The molecule has 0 saturated carbocycles. The van der Waals surface area contributed by atoms with Crippen molar-refractivity contribution in [3.63, 3.8) is 0 Å². The van der Waals surface area contributed by atoms with Crippen molar-refractivity contribution >= 4 is 0 Å². The summed E-state index contributed by atoms with van der Waals surface area (Å²) in [4.78, 5) is 0. The van der Waals surface area contributed by atoms with Crippen LogP contribution in [-0.2, 0) is 4.74 Å². The van der Waals surface area contributed by atoms with E-state index >= 15 is 0 Å². The van der Waals surface area contributed by atoms with Crippen molar-refractivity contribution in [2.24, 2.45) is 5.92 Å². The summed E-state index contributed by atoms with van der Waals surface area (Å²) in [7, 11) is 0. The van der Waals surface area contributed by atoms with Gasteiger partial charge in [0.2, 0.25) is 0 Å². The first-order valence-electron chi connectivity index (χ1n) is 9.55. The van der Waals surface area contributed by atoms with Crippen molar-refractivity contribution in [2.45, 2.75) is 105 Å². The first-order valence-corrected chi connectivity index (χ1v) is 9.55. The zero-order chi connectivity index (χ0) is 15.8. The molecule has 0 spiro atoms. The molecule has 2 heteroatoms. The number of rotatable bonds is 16. The molecule has 0 bridgehead atoms. The van der Waals surface area contributed by atoms with Crippen LogP contribution in [0.1, 0.15) is 98.3 Å². The van der Waals surface area contributed by atoms with Gasteiger partial charge in [-0.25, -0.2) is 0 Å². The van der Waals surface area contributed by atoms with E-state index in [1.165, 1.54) is 70.6 Å². The van der Waals surface area contributed by atoms with E-state index in [1.54, 1.807) is 0 Å². The first kappa shape index (κ1) is 20.9. The molecule has 0 radical (unpaired) electrons. The van der Waals surface area contributed by atoms with Crippen LogP contribution >= 0.6 is 0 Å². The fraction of sp³-hybridized carbons (Fsp3) is 1.00. The third-order valence-electron chi connectivity index (χ3n) is 3.89. The van der Waals surface area contributed by atoms with Crippen molar-refractivity contribution in [1.82, 2.24) is 5.32 Å². The highest BCUT2D eigenvalue weighted by Gasteiger charge is 2.08. The summed E-state index contributed by atoms with van der Waals surface area (Å²) in [6.45, 7) is 11.0. The Morgan fingerprint density at radius 3 is 1.95 bits per heavy atom. The summed E-state index contributed by atoms with van der Waals surface area (Å²) in [5.41, 5.74) is 0. The smallest absolute Gasteiger partial charge is 0.108 e. The summed E-state index contributed by atoms with van der Waals surface area (Å²) in [5.74, 6) is 0.695. The van der Waals surface area contributed by atoms with E-state index in [0.29, 0.717) is 5.92 Å². The second kappa shape index (κ2) is 16.3. The van der Waals surface area contributed by atoms with Crippen LogP contribution in [-0.4, -0.2) is 19.4 Å². The van der Waals surface area contributed by atoms with Crippen LogP contribution in [0.2, 0.25) is 0 Å². The molecule has 0 heterocycles. The van der Waals surface area contributed by atoms with Gasteiger partial charge in [0.25, 0.3) is 0 Å². The fourth-order valence-electron chi connectivity index (χ4n) is 2.48. The lowest BCUT2D eigenvalue weighted by Gasteiger charge is -2.20. The second-order valence-corrected chi connectivity index (χ2v) is 6.78. The van der Waals surface area contributed by atoms with Crippen molar-refractivity contribution in [3.05, 3.63) is 0 Å². The van der Waals surface area contributed by atoms with E-state index in [1.807, 2.05) is 0 Å². The van der Waals surface area contributed by atoms with Crippen LogP contribution in [0, 0.1) is 5.92 Å². The summed E-state index contributed by atoms with van der Waals surface area (Å²) < 4.78 is 6.03. The lowest BCUT2D eigenvalue weighted by Crippen LogP contribution is -2.34. The van der Waals surface area contributed by atoms with Gasteiger partial charge in [-0.1, -0.05) is 79.1 Å². The van der Waals surface area contributed by atoms with Gasteiger partial charge in [0.1, 0.15) is 6.23 Å². The average molecular weight is 300 g/mol. The molecule has 2 nitrogen and oxygen atoms in total. The fourth-order valence-corrected chi connectivity index (χ4v) is 2.48. The normalized spacial score (nSPS) is 13.0. The average Bonchev–Trinajstić information content (AvgIpc) is 2.47. The molecule has 0 saturated heterocycles. The zero-order valence-electron chi connectivity index (χ0n) is 15.3. The van der Waals surface area contributed by atoms with Gasteiger partial charge in [0, 0.05) is 6.61 Å². The molecule has 0 aromatic rings. The van der Waals surface area contributed by atoms with Gasteiger partial charge in [-0.3, -0.25) is 5.32 Å². The molecule has 0 rings (SSSR count). The molecule has 21 heavy (non-hydrogen) atoms. The maximum atomic E-state index is 6.03. The Morgan fingerprint density at radius 2 is 1.33 bits per heavy atom. The van der Waals surface area contributed by atoms with Crippen LogP contribution in [0.5, 0.6) is 0 Å². The van der Waals surface area contributed by atoms with E-state index in [4.69, 9.17) is 4.74 Å². The third-order valence-corrected chi connectivity index (χ3v) is 3.89. The third kappa shape index (κ3) is 16.1. The van der Waals surface area contributed by atoms with E-state index in [9.17, 15) is 0 Å². The van der Waals surface area contributed by atoms with Crippen molar-refractivity contribution < 1.29 is 4.74 Å². The number of unbranched alkanes of at least 4 members (excludes halogenated alkanes) is 8. The van der Waals surface area contributed by atoms with Crippen LogP contribution in [0.25, 0.3) is 0 Å². The molecule has 0 fully saturated rings. The van der Waals surface area contributed by atoms with Crippen molar-refractivity contribution in [2.75, 3.05) is 13.2 Å². The van der Waals surface area contributed by atoms with E-state index in [2.05, 4.69) is 33.0 Å². The summed E-state index contributed by atoms with van der Waals surface area (Å²) >= 11 is 0. The number of hydrogen-bond acceptors (Lipinski definition) is 2. The van der Waals surface area contributed by atoms with Gasteiger partial charge >= 0.3 is 0 Å². The first-order chi connectivity index (χ1) is 10.2. The quantitative estimate of drug-likeness (QED) is 0.283. The minimum atomic E-state index is 0.278. The van der Waals surface area contributed by atoms with E-state index < -0.39 is 0 Å². The van der Waals surface area contributed by atoms with Crippen LogP contribution in [0.4, 0.5) is 0 Å². The molecule has 0 aliphatic heterocycles. The molecule has 1 atom stereocenters. The van der Waals surface area contributed by atoms with Gasteiger partial charge in [-0.2, -0.15) is 0 Å². The van der Waals surface area contributed by atoms with Gasteiger partial charge in [0.05, 0.1) is 0 Å². The molecule has 0 aliphatic rings. The van der Waals surface area contributed by atoms with Crippen LogP contribution in [0.15, 0.2) is 0 Å². The second-order valence-electron chi connectivity index (χ2n) is 6.78. The highest BCUT2D eigenvalue weighted by atomic mass is 16.5. The molecule has 0 aromatic heterocycles. The van der Waals surface area contributed by atoms with Crippen LogP contribution in [0.3, 0.4) is 0 Å². The molecule has 128 valence electrons. The maximum absolute atomic E-state index is 6.03. The molecular weight excluding hydrogens is 258 g/mol. The minimum absolute atomic E-state index is 0.278. The highest BCUT2D eigenvalue weighted by molar-refractivity contribution is 4.59. The predicted octanol–water partition coefficient (Wildman–Crippen LogP) is 5.91. The molecule has 1 unspecified atom stereocenters. The molecule has 0 amide bonds. The lowest BCUT2D eigenvalue weighted by molar-refractivity contribution is 0.0185. The number of nitrogens with one attached hydrogen (secondary N) is 1. The molecule has 0 aliphatic carbocycles. The van der Waals surface area contributed by atoms with E-state index in [-0.39, 0.29) is 6.23 Å². The molecule has 1 N–H and O–H groups in total. The van der Waals surface area contributed by atoms with Crippen molar-refractivity contribution in [3.8, 4) is 0 Å². The standard InChI is InChI=1S/C19H41NO/c1-5-7-9-10-11-12-13-15-19(20-17-18(3)4)21-16-14-8-6-2/h18-20H,5-17H2,1-4H3. The van der Waals surface area contributed by atoms with Gasteiger partial charge in [-0.15, -0.1) is 0 Å². The molecule has 0 aromatic carbocycles. The number of ether oxygens (including phenoxy) is 1. The largest absolute Gasteiger partial charge is 0.363 e. The Bertz CT molecular complexity index is 194. The Morgan fingerprint density at radius 1 is 0.762 bits per heavy atom. The Balaban J connectivity index is 3.66. The predicted molar refractivity (Wildman–Crippen MR) is 94.7 cm³/mol. The Labute approximate surface area is 134 Å². The SMILES string of the molecule is CCCCCCCCCC(NCC(C)C)OCCCCC. The van der Waals surface area contributed by atoms with Gasteiger partial charge in [0.15, 0.2) is 0 Å². The van der Waals surface area contributed by atoms with Gasteiger partial charge in [-0.05, 0) is 31.7 Å². The maximum Gasteiger partial charge on any atom is 0.108 e. The van der Waals surface area contributed by atoms with Crippen LogP contribution < -0.4 is 5.32 Å². The highest BCUT2D eigenvalue weighted by Crippen LogP contribution is 2.11. The topological polar surface area (TPSA) is 21.3 Å². The summed E-state index contributed by atoms with van der Waals surface area (Å²) in [6.07, 6.45) is 14.8. The number of hydrogen-bond donors (Lipinski definition) is 1. The van der Waals surface area contributed by atoms with E-state index in [0.717, 1.165) is 13.2 Å². The zero-order valence-corrected chi connectivity index (χ0v) is 15.3. The molecular formula is C19H41NO. The van der Waals surface area contributed by atoms with Gasteiger partial charge < -0.3 is 4.74 Å². The minimum Gasteiger partial charge on any atom is -0.363 e. The Hall–Kier alpha value is -0.0800. The monoisotopic (exact) mass is 299 g/mol.